The lowest BCUT2D eigenvalue weighted by atomic mass is 9.73. The number of carbonyl (C=O) groups is 1. The molecule has 6 atom stereocenters. The van der Waals surface area contributed by atoms with Crippen LogP contribution >= 0.6 is 0 Å². The zero-order valence-corrected chi connectivity index (χ0v) is 15.9. The molecule has 1 saturated heterocycles. The summed E-state index contributed by atoms with van der Waals surface area (Å²) in [5.41, 5.74) is -1.63. The van der Waals surface area contributed by atoms with Gasteiger partial charge in [-0.3, -0.25) is 0 Å². The number of fused-ring (bicyclic) bond motifs is 1. The lowest BCUT2D eigenvalue weighted by Gasteiger charge is -2.56. The first-order chi connectivity index (χ1) is 11.7. The molecule has 2 rings (SSSR count). The van der Waals surface area contributed by atoms with E-state index >= 15 is 0 Å². The van der Waals surface area contributed by atoms with Crippen LogP contribution in [0.3, 0.4) is 0 Å². The van der Waals surface area contributed by atoms with Crippen molar-refractivity contribution in [2.24, 2.45) is 5.92 Å². The molecule has 0 aromatic heterocycles. The Balaban J connectivity index is 2.39. The Labute approximate surface area is 149 Å². The second-order valence-corrected chi connectivity index (χ2v) is 6.97. The highest BCUT2D eigenvalue weighted by atomic mass is 16.8. The van der Waals surface area contributed by atoms with Crippen LogP contribution in [0.1, 0.15) is 40.0 Å². The molecule has 0 unspecified atom stereocenters. The van der Waals surface area contributed by atoms with Crippen molar-refractivity contribution < 1.29 is 33.6 Å². The summed E-state index contributed by atoms with van der Waals surface area (Å²) in [5, 5.41) is 10.9. The second kappa shape index (κ2) is 7.32. The maximum atomic E-state index is 12.1. The zero-order chi connectivity index (χ0) is 18.9. The van der Waals surface area contributed by atoms with Crippen molar-refractivity contribution in [2.75, 3.05) is 21.3 Å². The second-order valence-electron chi connectivity index (χ2n) is 6.97. The summed E-state index contributed by atoms with van der Waals surface area (Å²) in [6, 6.07) is 0. The SMILES string of the molecule is CCC=C[C@@H]1C[C@@](O)(C(=O)OC)C[C@H]2O[C@](C)(OC)[C@@](C)(OC)O[C@H]12. The molecule has 2 aliphatic rings. The van der Waals surface area contributed by atoms with E-state index in [1.807, 2.05) is 19.1 Å². The maximum absolute atomic E-state index is 12.1. The van der Waals surface area contributed by atoms with E-state index in [1.165, 1.54) is 21.3 Å². The highest BCUT2D eigenvalue weighted by molar-refractivity contribution is 5.79. The number of carbonyl (C=O) groups excluding carboxylic acids is 1. The van der Waals surface area contributed by atoms with Crippen LogP contribution in [0.5, 0.6) is 0 Å². The van der Waals surface area contributed by atoms with Crippen molar-refractivity contribution >= 4 is 5.97 Å². The number of ether oxygens (including phenoxy) is 5. The molecule has 7 heteroatoms. The Morgan fingerprint density at radius 2 is 1.76 bits per heavy atom. The molecule has 1 aliphatic carbocycles. The van der Waals surface area contributed by atoms with Gasteiger partial charge in [-0.05, 0) is 26.7 Å². The normalized spacial score (nSPS) is 44.5. The molecule has 0 spiro atoms. The third-order valence-corrected chi connectivity index (χ3v) is 5.43. The first-order valence-corrected chi connectivity index (χ1v) is 8.62. The van der Waals surface area contributed by atoms with Crippen LogP contribution in [-0.4, -0.2) is 61.8 Å². The van der Waals surface area contributed by atoms with Gasteiger partial charge in [-0.15, -0.1) is 0 Å². The third kappa shape index (κ3) is 3.48. The highest BCUT2D eigenvalue weighted by Crippen LogP contribution is 2.47. The van der Waals surface area contributed by atoms with Gasteiger partial charge in [0.1, 0.15) is 0 Å². The van der Waals surface area contributed by atoms with E-state index in [4.69, 9.17) is 23.7 Å². The number of methoxy groups -OCH3 is 3. The monoisotopic (exact) mass is 358 g/mol. The molecule has 7 nitrogen and oxygen atoms in total. The van der Waals surface area contributed by atoms with Gasteiger partial charge >= 0.3 is 5.97 Å². The summed E-state index contributed by atoms with van der Waals surface area (Å²) in [6.07, 6.45) is 4.13. The van der Waals surface area contributed by atoms with Gasteiger partial charge < -0.3 is 28.8 Å². The van der Waals surface area contributed by atoms with Crippen LogP contribution < -0.4 is 0 Å². The number of allylic oxidation sites excluding steroid dienone is 1. The van der Waals surface area contributed by atoms with Crippen molar-refractivity contribution in [3.8, 4) is 0 Å². The van der Waals surface area contributed by atoms with Crippen LogP contribution in [0, 0.1) is 5.92 Å². The van der Waals surface area contributed by atoms with Crippen LogP contribution in [0.2, 0.25) is 0 Å². The molecule has 0 aromatic rings. The lowest BCUT2D eigenvalue weighted by Crippen LogP contribution is -2.69. The first kappa shape index (κ1) is 20.3. The molecule has 25 heavy (non-hydrogen) atoms. The van der Waals surface area contributed by atoms with Crippen LogP contribution in [-0.2, 0) is 28.5 Å². The lowest BCUT2D eigenvalue weighted by molar-refractivity contribution is -0.457. The largest absolute Gasteiger partial charge is 0.467 e. The van der Waals surface area contributed by atoms with Crippen LogP contribution in [0.15, 0.2) is 12.2 Å². The molecule has 0 radical (unpaired) electrons. The molecule has 0 amide bonds. The number of aliphatic hydroxyl groups is 1. The van der Waals surface area contributed by atoms with Crippen molar-refractivity contribution in [1.82, 2.24) is 0 Å². The molecule has 144 valence electrons. The van der Waals surface area contributed by atoms with E-state index in [2.05, 4.69) is 0 Å². The summed E-state index contributed by atoms with van der Waals surface area (Å²) < 4.78 is 28.3. The van der Waals surface area contributed by atoms with Gasteiger partial charge in [-0.2, -0.15) is 0 Å². The maximum Gasteiger partial charge on any atom is 0.337 e. The minimum Gasteiger partial charge on any atom is -0.467 e. The fourth-order valence-corrected chi connectivity index (χ4v) is 3.66. The quantitative estimate of drug-likeness (QED) is 0.592. The number of hydrogen-bond acceptors (Lipinski definition) is 7. The van der Waals surface area contributed by atoms with Gasteiger partial charge in [0.15, 0.2) is 5.60 Å². The Morgan fingerprint density at radius 3 is 2.28 bits per heavy atom. The molecular formula is C18H30O7. The van der Waals surface area contributed by atoms with Crippen molar-refractivity contribution in [3.05, 3.63) is 12.2 Å². The molecule has 1 heterocycles. The Kier molecular flexibility index (Phi) is 5.95. The minimum absolute atomic E-state index is 0.0690. The van der Waals surface area contributed by atoms with E-state index in [0.29, 0.717) is 0 Å². The van der Waals surface area contributed by atoms with E-state index in [-0.39, 0.29) is 24.9 Å². The van der Waals surface area contributed by atoms with Gasteiger partial charge in [0.05, 0.1) is 19.3 Å². The molecular weight excluding hydrogens is 328 g/mol. The summed E-state index contributed by atoms with van der Waals surface area (Å²) in [6.45, 7) is 5.49. The van der Waals surface area contributed by atoms with Crippen molar-refractivity contribution in [3.63, 3.8) is 0 Å². The standard InChI is InChI=1S/C18H30O7/c1-7-8-9-12-10-18(20,15(19)21-4)11-13-14(12)25-17(3,23-6)16(2,22-5)24-13/h8-9,12-14,20H,7,10-11H2,1-6H3/t12-,13-,14-,16+,17+,18+/m1/s1. The van der Waals surface area contributed by atoms with Crippen molar-refractivity contribution in [2.45, 2.75) is 69.4 Å². The van der Waals surface area contributed by atoms with Crippen LogP contribution in [0.25, 0.3) is 0 Å². The average molecular weight is 358 g/mol. The zero-order valence-electron chi connectivity index (χ0n) is 15.9. The van der Waals surface area contributed by atoms with Gasteiger partial charge in [0.25, 0.3) is 0 Å². The molecule has 2 fully saturated rings. The average Bonchev–Trinajstić information content (AvgIpc) is 2.60. The number of hydrogen-bond donors (Lipinski definition) is 1. The Hall–Kier alpha value is -0.990. The predicted molar refractivity (Wildman–Crippen MR) is 89.7 cm³/mol. The number of rotatable bonds is 5. The Morgan fingerprint density at radius 1 is 1.16 bits per heavy atom. The summed E-state index contributed by atoms with van der Waals surface area (Å²) in [4.78, 5) is 12.1. The molecule has 1 aliphatic heterocycles. The molecule has 1 saturated carbocycles. The summed E-state index contributed by atoms with van der Waals surface area (Å²) in [5.74, 6) is -3.19. The van der Waals surface area contributed by atoms with Crippen LogP contribution in [0.4, 0.5) is 0 Å². The molecule has 0 bridgehead atoms. The van der Waals surface area contributed by atoms with Gasteiger partial charge in [-0.1, -0.05) is 19.1 Å². The predicted octanol–water partition coefficient (Wildman–Crippen LogP) is 1.78. The fraction of sp³-hybridized carbons (Fsp3) is 0.833. The smallest absolute Gasteiger partial charge is 0.337 e. The highest BCUT2D eigenvalue weighted by Gasteiger charge is 2.62. The minimum atomic E-state index is -1.63. The molecule has 0 aromatic carbocycles. The third-order valence-electron chi connectivity index (χ3n) is 5.43. The molecule has 1 N–H and O–H groups in total. The Bertz CT molecular complexity index is 522. The van der Waals surface area contributed by atoms with E-state index < -0.39 is 29.2 Å². The number of esters is 1. The van der Waals surface area contributed by atoms with Gasteiger partial charge in [-0.25, -0.2) is 4.79 Å². The van der Waals surface area contributed by atoms with E-state index in [9.17, 15) is 9.90 Å². The van der Waals surface area contributed by atoms with E-state index in [1.54, 1.807) is 13.8 Å². The topological polar surface area (TPSA) is 83.5 Å². The van der Waals surface area contributed by atoms with Gasteiger partial charge in [0, 0.05) is 26.6 Å². The van der Waals surface area contributed by atoms with Crippen molar-refractivity contribution in [1.29, 1.82) is 0 Å². The summed E-state index contributed by atoms with van der Waals surface area (Å²) >= 11 is 0. The first-order valence-electron chi connectivity index (χ1n) is 8.62. The van der Waals surface area contributed by atoms with E-state index in [0.717, 1.165) is 6.42 Å². The fourth-order valence-electron chi connectivity index (χ4n) is 3.66. The summed E-state index contributed by atoms with van der Waals surface area (Å²) in [7, 11) is 4.30. The van der Waals surface area contributed by atoms with Gasteiger partial charge in [0.2, 0.25) is 11.6 Å².